The Hall–Kier alpha value is 0.270. The minimum absolute atomic E-state index is 0.889. The van der Waals surface area contributed by atoms with E-state index in [9.17, 15) is 0 Å². The molecule has 0 N–H and O–H groups in total. The smallest absolute Gasteiger partial charge is 0.0459 e. The Bertz CT molecular complexity index is 80.0. The van der Waals surface area contributed by atoms with Crippen LogP contribution in [0.4, 0.5) is 0 Å². The van der Waals surface area contributed by atoms with E-state index in [1.165, 1.54) is 25.1 Å². The summed E-state index contributed by atoms with van der Waals surface area (Å²) in [4.78, 5) is 2.18. The topological polar surface area (TPSA) is 12.5 Å². The molecular weight excluding hydrogens is 218 g/mol. The fourth-order valence-electron chi connectivity index (χ4n) is 0.855. The van der Waals surface area contributed by atoms with Crippen LogP contribution in [-0.2, 0) is 4.74 Å². The Balaban J connectivity index is -0.000000160. The minimum Gasteiger partial charge on any atom is -0.385 e. The van der Waals surface area contributed by atoms with Gasteiger partial charge in [-0.1, -0.05) is 20.8 Å². The van der Waals surface area contributed by atoms with Crippen LogP contribution in [0.1, 0.15) is 40.0 Å². The second-order valence-electron chi connectivity index (χ2n) is 3.79. The zero-order valence-corrected chi connectivity index (χ0v) is 13.3. The number of methoxy groups -OCH3 is 1. The highest BCUT2D eigenvalue weighted by molar-refractivity contribution is 7.98. The highest BCUT2D eigenvalue weighted by atomic mass is 32.2. The number of hydrogen-bond acceptors (Lipinski definition) is 3. The van der Waals surface area contributed by atoms with Crippen molar-refractivity contribution in [2.45, 2.75) is 40.0 Å². The fourth-order valence-corrected chi connectivity index (χ4v) is 1.26. The third-order valence-corrected chi connectivity index (χ3v) is 2.30. The Morgan fingerprint density at radius 3 is 1.56 bits per heavy atom. The first kappa shape index (κ1) is 21.5. The van der Waals surface area contributed by atoms with E-state index in [0.29, 0.717) is 0 Å². The largest absolute Gasteiger partial charge is 0.385 e. The van der Waals surface area contributed by atoms with Crippen molar-refractivity contribution in [1.82, 2.24) is 4.90 Å². The third kappa shape index (κ3) is 47.5. The Morgan fingerprint density at radius 1 is 1.00 bits per heavy atom. The summed E-state index contributed by atoms with van der Waals surface area (Å²) in [6.45, 7) is 8.56. The summed E-state index contributed by atoms with van der Waals surface area (Å²) in [6, 6.07) is 0. The van der Waals surface area contributed by atoms with E-state index in [4.69, 9.17) is 4.74 Å². The van der Waals surface area contributed by atoms with Crippen molar-refractivity contribution in [3.63, 3.8) is 0 Å². The lowest BCUT2D eigenvalue weighted by atomic mass is 10.5. The van der Waals surface area contributed by atoms with E-state index in [1.807, 2.05) is 11.8 Å². The summed E-state index contributed by atoms with van der Waals surface area (Å²) in [6.07, 6.45) is 5.81. The number of rotatable bonds is 6. The van der Waals surface area contributed by atoms with Crippen LogP contribution >= 0.6 is 11.8 Å². The van der Waals surface area contributed by atoms with Crippen LogP contribution in [0.25, 0.3) is 0 Å². The first-order valence-electron chi connectivity index (χ1n) is 6.23. The summed E-state index contributed by atoms with van der Waals surface area (Å²) in [5.41, 5.74) is 0. The fraction of sp³-hybridized carbons (Fsp3) is 1.00. The van der Waals surface area contributed by atoms with Crippen LogP contribution in [0.2, 0.25) is 0 Å². The molecule has 0 atom stereocenters. The molecule has 0 saturated heterocycles. The van der Waals surface area contributed by atoms with Crippen LogP contribution < -0.4 is 0 Å². The second-order valence-corrected chi connectivity index (χ2v) is 4.77. The molecule has 3 heteroatoms. The van der Waals surface area contributed by atoms with Gasteiger partial charge in [0.15, 0.2) is 0 Å². The average Bonchev–Trinajstić information content (AvgIpc) is 2.21. The zero-order chi connectivity index (χ0) is 13.2. The van der Waals surface area contributed by atoms with Gasteiger partial charge in [0.25, 0.3) is 0 Å². The second kappa shape index (κ2) is 24.5. The molecule has 0 aromatic rings. The molecular formula is C13H33NOS. The van der Waals surface area contributed by atoms with E-state index in [-0.39, 0.29) is 0 Å². The van der Waals surface area contributed by atoms with Crippen LogP contribution in [-0.4, -0.2) is 51.3 Å². The molecule has 0 unspecified atom stereocenters. The van der Waals surface area contributed by atoms with Gasteiger partial charge in [-0.15, -0.1) is 0 Å². The van der Waals surface area contributed by atoms with Gasteiger partial charge in [-0.3, -0.25) is 0 Å². The lowest BCUT2D eigenvalue weighted by Gasteiger charge is -2.03. The maximum Gasteiger partial charge on any atom is 0.0459 e. The SMILES string of the molecule is CCCN(C)C.CCCOC.CCCSC. The van der Waals surface area contributed by atoms with Crippen LogP contribution in [0, 0.1) is 0 Å². The molecule has 0 bridgehead atoms. The van der Waals surface area contributed by atoms with Gasteiger partial charge in [-0.05, 0) is 51.9 Å². The predicted octanol–water partition coefficient (Wildman–Crippen LogP) is 3.76. The molecule has 2 nitrogen and oxygen atoms in total. The summed E-state index contributed by atoms with van der Waals surface area (Å²) < 4.78 is 4.69. The lowest BCUT2D eigenvalue weighted by Crippen LogP contribution is -2.11. The van der Waals surface area contributed by atoms with Gasteiger partial charge in [0.05, 0.1) is 0 Å². The van der Waals surface area contributed by atoms with Gasteiger partial charge in [0.2, 0.25) is 0 Å². The average molecular weight is 251 g/mol. The molecule has 0 aromatic heterocycles. The monoisotopic (exact) mass is 251 g/mol. The number of thioether (sulfide) groups is 1. The molecule has 0 aromatic carbocycles. The van der Waals surface area contributed by atoms with Gasteiger partial charge in [0, 0.05) is 13.7 Å². The maximum absolute atomic E-state index is 4.69. The quantitative estimate of drug-likeness (QED) is 0.713. The normalized spacial score (nSPS) is 9.00. The van der Waals surface area contributed by atoms with Crippen LogP contribution in [0.3, 0.4) is 0 Å². The van der Waals surface area contributed by atoms with Crippen molar-refractivity contribution in [3.05, 3.63) is 0 Å². The molecule has 16 heavy (non-hydrogen) atoms. The van der Waals surface area contributed by atoms with E-state index in [0.717, 1.165) is 13.0 Å². The van der Waals surface area contributed by atoms with Crippen molar-refractivity contribution in [2.24, 2.45) is 0 Å². The first-order valence-corrected chi connectivity index (χ1v) is 7.62. The molecule has 0 aliphatic rings. The number of nitrogens with zero attached hydrogens (tertiary/aromatic N) is 1. The molecule has 0 aliphatic carbocycles. The summed E-state index contributed by atoms with van der Waals surface area (Å²) in [5.74, 6) is 1.31. The van der Waals surface area contributed by atoms with Crippen molar-refractivity contribution in [2.75, 3.05) is 46.4 Å². The van der Waals surface area contributed by atoms with Gasteiger partial charge in [-0.25, -0.2) is 0 Å². The summed E-state index contributed by atoms with van der Waals surface area (Å²) in [5, 5.41) is 0. The standard InChI is InChI=1S/C5H13N.C4H10O.C4H10S/c1-4-5-6(2)3;2*1-3-4-5-2/h4-5H2,1-3H3;2*3-4H2,1-2H3. The Labute approximate surface area is 108 Å². The third-order valence-electron chi connectivity index (χ3n) is 1.49. The van der Waals surface area contributed by atoms with Crippen molar-refractivity contribution in [3.8, 4) is 0 Å². The number of ether oxygens (including phenoxy) is 1. The first-order chi connectivity index (χ1) is 7.60. The van der Waals surface area contributed by atoms with Gasteiger partial charge in [-0.2, -0.15) is 11.8 Å². The Morgan fingerprint density at radius 2 is 1.56 bits per heavy atom. The molecule has 0 rings (SSSR count). The van der Waals surface area contributed by atoms with E-state index in [2.05, 4.69) is 46.0 Å². The molecule has 0 fully saturated rings. The predicted molar refractivity (Wildman–Crippen MR) is 79.7 cm³/mol. The summed E-state index contributed by atoms with van der Waals surface area (Å²) >= 11 is 1.90. The van der Waals surface area contributed by atoms with Crippen molar-refractivity contribution in [1.29, 1.82) is 0 Å². The number of hydrogen-bond donors (Lipinski definition) is 0. The van der Waals surface area contributed by atoms with Crippen LogP contribution in [0.15, 0.2) is 0 Å². The van der Waals surface area contributed by atoms with Crippen LogP contribution in [0.5, 0.6) is 0 Å². The zero-order valence-electron chi connectivity index (χ0n) is 12.5. The van der Waals surface area contributed by atoms with E-state index < -0.39 is 0 Å². The highest BCUT2D eigenvalue weighted by Gasteiger charge is 1.79. The van der Waals surface area contributed by atoms with Gasteiger partial charge < -0.3 is 9.64 Å². The molecule has 0 aliphatic heterocycles. The molecule has 0 amide bonds. The Kier molecular flexibility index (Phi) is 33.0. The molecule has 0 spiro atoms. The molecule has 0 heterocycles. The van der Waals surface area contributed by atoms with Gasteiger partial charge in [0.1, 0.15) is 0 Å². The molecule has 0 radical (unpaired) electrons. The van der Waals surface area contributed by atoms with Crippen molar-refractivity contribution >= 4 is 11.8 Å². The molecule has 0 saturated carbocycles. The highest BCUT2D eigenvalue weighted by Crippen LogP contribution is 1.91. The minimum atomic E-state index is 0.889. The van der Waals surface area contributed by atoms with E-state index in [1.54, 1.807) is 7.11 Å². The maximum atomic E-state index is 4.69. The van der Waals surface area contributed by atoms with Crippen molar-refractivity contribution < 1.29 is 4.74 Å². The molecule has 102 valence electrons. The summed E-state index contributed by atoms with van der Waals surface area (Å²) in [7, 11) is 5.89. The van der Waals surface area contributed by atoms with E-state index >= 15 is 0 Å². The lowest BCUT2D eigenvalue weighted by molar-refractivity contribution is 0.199. The van der Waals surface area contributed by atoms with Gasteiger partial charge >= 0.3 is 0 Å².